The highest BCUT2D eigenvalue weighted by Crippen LogP contribution is 2.34. The van der Waals surface area contributed by atoms with E-state index in [9.17, 15) is 9.90 Å². The topological polar surface area (TPSA) is 84.1 Å². The number of halogens is 2. The summed E-state index contributed by atoms with van der Waals surface area (Å²) in [5.41, 5.74) is 3.04. The van der Waals surface area contributed by atoms with Crippen LogP contribution in [-0.4, -0.2) is 24.3 Å². The van der Waals surface area contributed by atoms with E-state index in [2.05, 4.69) is 10.5 Å². The molecule has 0 bridgehead atoms. The minimum atomic E-state index is -0.573. The van der Waals surface area contributed by atoms with Crippen LogP contribution in [0.5, 0.6) is 11.5 Å². The van der Waals surface area contributed by atoms with E-state index in [1.807, 2.05) is 0 Å². The highest BCUT2D eigenvalue weighted by atomic mass is 35.5. The molecule has 6 nitrogen and oxygen atoms in total. The summed E-state index contributed by atoms with van der Waals surface area (Å²) in [7, 11) is 1.47. The maximum Gasteiger partial charge on any atom is 0.275 e. The number of aromatic hydroxyl groups is 1. The molecule has 1 amide bonds. The molecule has 27 heavy (non-hydrogen) atoms. The summed E-state index contributed by atoms with van der Waals surface area (Å²) in [6.07, 6.45) is 1.33. The minimum Gasteiger partial charge on any atom is -0.507 e. The molecule has 0 aliphatic heterocycles. The summed E-state index contributed by atoms with van der Waals surface area (Å²) in [5, 5.41) is 14.5. The molecule has 3 rings (SSSR count). The molecule has 0 radical (unpaired) electrons. The lowest BCUT2D eigenvalue weighted by Gasteiger charge is -2.05. The van der Waals surface area contributed by atoms with Crippen LogP contribution < -0.4 is 10.2 Å². The van der Waals surface area contributed by atoms with Crippen molar-refractivity contribution in [2.24, 2.45) is 5.10 Å². The van der Waals surface area contributed by atoms with E-state index in [-0.39, 0.29) is 11.3 Å². The van der Waals surface area contributed by atoms with Crippen molar-refractivity contribution < 1.29 is 19.1 Å². The molecule has 3 aromatic rings. The Kier molecular flexibility index (Phi) is 5.69. The van der Waals surface area contributed by atoms with Crippen LogP contribution in [0.1, 0.15) is 16.1 Å². The third kappa shape index (κ3) is 4.24. The van der Waals surface area contributed by atoms with Crippen molar-refractivity contribution >= 4 is 35.3 Å². The third-order valence-corrected chi connectivity index (χ3v) is 4.47. The van der Waals surface area contributed by atoms with Gasteiger partial charge in [0.25, 0.3) is 5.91 Å². The van der Waals surface area contributed by atoms with E-state index in [0.717, 1.165) is 0 Å². The van der Waals surface area contributed by atoms with Gasteiger partial charge in [-0.2, -0.15) is 5.10 Å². The lowest BCUT2D eigenvalue weighted by atomic mass is 10.2. The fraction of sp³-hybridized carbons (Fsp3) is 0.0526. The van der Waals surface area contributed by atoms with Crippen molar-refractivity contribution in [2.75, 3.05) is 7.11 Å². The smallest absolute Gasteiger partial charge is 0.275 e. The molecule has 0 aliphatic carbocycles. The summed E-state index contributed by atoms with van der Waals surface area (Å²) in [5.74, 6) is 0.577. The maximum absolute atomic E-state index is 12.1. The fourth-order valence-electron chi connectivity index (χ4n) is 2.31. The molecule has 1 heterocycles. The van der Waals surface area contributed by atoms with E-state index in [1.165, 1.54) is 25.5 Å². The van der Waals surface area contributed by atoms with Crippen molar-refractivity contribution in [2.45, 2.75) is 0 Å². The Morgan fingerprint density at radius 1 is 1.22 bits per heavy atom. The average Bonchev–Trinajstić information content (AvgIpc) is 3.12. The standard InChI is InChI=1S/C19H14Cl2N2O4/c1-26-11-5-7-13(16(24)9-11)19(25)23-22-10-12-6-8-17(27-12)14-3-2-4-15(20)18(14)21/h2-10,24H,1H3,(H,23,25)/b22-10-. The van der Waals surface area contributed by atoms with Gasteiger partial charge < -0.3 is 14.3 Å². The molecular formula is C19H14Cl2N2O4. The van der Waals surface area contributed by atoms with Gasteiger partial charge in [-0.15, -0.1) is 0 Å². The van der Waals surface area contributed by atoms with Crippen molar-refractivity contribution in [3.8, 4) is 22.8 Å². The predicted molar refractivity (Wildman–Crippen MR) is 104 cm³/mol. The highest BCUT2D eigenvalue weighted by molar-refractivity contribution is 6.43. The molecule has 0 fully saturated rings. The molecule has 2 N–H and O–H groups in total. The number of phenols is 1. The number of hydrogen-bond donors (Lipinski definition) is 2. The number of hydrogen-bond acceptors (Lipinski definition) is 5. The van der Waals surface area contributed by atoms with Gasteiger partial charge in [-0.05, 0) is 36.4 Å². The van der Waals surface area contributed by atoms with Gasteiger partial charge in [0.15, 0.2) is 0 Å². The molecule has 138 valence electrons. The molecule has 1 aromatic heterocycles. The van der Waals surface area contributed by atoms with Crippen LogP contribution in [0.2, 0.25) is 10.0 Å². The first-order chi connectivity index (χ1) is 13.0. The monoisotopic (exact) mass is 404 g/mol. The van der Waals surface area contributed by atoms with E-state index in [4.69, 9.17) is 32.4 Å². The van der Waals surface area contributed by atoms with Gasteiger partial charge in [0.1, 0.15) is 23.0 Å². The summed E-state index contributed by atoms with van der Waals surface area (Å²) in [6, 6.07) is 13.0. The van der Waals surface area contributed by atoms with Crippen LogP contribution in [0, 0.1) is 0 Å². The van der Waals surface area contributed by atoms with E-state index < -0.39 is 5.91 Å². The number of furan rings is 1. The van der Waals surface area contributed by atoms with Crippen molar-refractivity contribution in [3.05, 3.63) is 69.9 Å². The second kappa shape index (κ2) is 8.16. The van der Waals surface area contributed by atoms with Gasteiger partial charge in [-0.3, -0.25) is 4.79 Å². The van der Waals surface area contributed by atoms with Crippen LogP contribution in [-0.2, 0) is 0 Å². The summed E-state index contributed by atoms with van der Waals surface area (Å²) < 4.78 is 10.6. The molecule has 0 atom stereocenters. The highest BCUT2D eigenvalue weighted by Gasteiger charge is 2.12. The lowest BCUT2D eigenvalue weighted by Crippen LogP contribution is -2.17. The Balaban J connectivity index is 1.70. The van der Waals surface area contributed by atoms with Crippen molar-refractivity contribution in [1.29, 1.82) is 0 Å². The molecule has 8 heteroatoms. The number of ether oxygens (including phenoxy) is 1. The number of methoxy groups -OCH3 is 1. The number of carbonyl (C=O) groups is 1. The zero-order valence-corrected chi connectivity index (χ0v) is 15.6. The maximum atomic E-state index is 12.1. The van der Waals surface area contributed by atoms with E-state index >= 15 is 0 Å². The second-order valence-corrected chi connectivity index (χ2v) is 6.17. The molecule has 2 aromatic carbocycles. The normalized spacial score (nSPS) is 10.9. The first kappa shape index (κ1) is 18.8. The van der Waals surface area contributed by atoms with Crippen LogP contribution in [0.15, 0.2) is 58.0 Å². The summed E-state index contributed by atoms with van der Waals surface area (Å²) in [6.45, 7) is 0. The Hall–Kier alpha value is -2.96. The lowest BCUT2D eigenvalue weighted by molar-refractivity contribution is 0.0952. The first-order valence-corrected chi connectivity index (χ1v) is 8.50. The number of amides is 1. The second-order valence-electron chi connectivity index (χ2n) is 5.39. The van der Waals surface area contributed by atoms with Gasteiger partial charge >= 0.3 is 0 Å². The Labute approximate surface area is 165 Å². The summed E-state index contributed by atoms with van der Waals surface area (Å²) >= 11 is 12.2. The molecule has 0 saturated heterocycles. The van der Waals surface area contributed by atoms with E-state index in [1.54, 1.807) is 36.4 Å². The average molecular weight is 405 g/mol. The van der Waals surface area contributed by atoms with Gasteiger partial charge in [-0.1, -0.05) is 29.3 Å². The van der Waals surface area contributed by atoms with Crippen molar-refractivity contribution in [1.82, 2.24) is 5.43 Å². The fourth-order valence-corrected chi connectivity index (χ4v) is 2.70. The van der Waals surface area contributed by atoms with Gasteiger partial charge in [0.2, 0.25) is 0 Å². The SMILES string of the molecule is COc1ccc(C(=O)N/N=C\c2ccc(-c3cccc(Cl)c3Cl)o2)c(O)c1. The van der Waals surface area contributed by atoms with E-state index in [0.29, 0.717) is 32.9 Å². The molecule has 0 aliphatic rings. The molecular weight excluding hydrogens is 391 g/mol. The van der Waals surface area contributed by atoms with Gasteiger partial charge in [0.05, 0.1) is 28.9 Å². The summed E-state index contributed by atoms with van der Waals surface area (Å²) in [4.78, 5) is 12.1. The van der Waals surface area contributed by atoms with Crippen LogP contribution >= 0.6 is 23.2 Å². The molecule has 0 saturated carbocycles. The largest absolute Gasteiger partial charge is 0.507 e. The zero-order chi connectivity index (χ0) is 19.4. The molecule has 0 spiro atoms. The number of carbonyl (C=O) groups excluding carboxylic acids is 1. The quantitative estimate of drug-likeness (QED) is 0.475. The number of nitrogens with zero attached hydrogens (tertiary/aromatic N) is 1. The Morgan fingerprint density at radius 2 is 2.04 bits per heavy atom. The first-order valence-electron chi connectivity index (χ1n) is 7.74. The van der Waals surface area contributed by atoms with Crippen molar-refractivity contribution in [3.63, 3.8) is 0 Å². The predicted octanol–water partition coefficient (Wildman–Crippen LogP) is 4.73. The number of phenolic OH excluding ortho intramolecular Hbond substituents is 1. The number of benzene rings is 2. The zero-order valence-electron chi connectivity index (χ0n) is 14.1. The van der Waals surface area contributed by atoms with Gasteiger partial charge in [-0.25, -0.2) is 5.43 Å². The third-order valence-electron chi connectivity index (χ3n) is 3.65. The van der Waals surface area contributed by atoms with Gasteiger partial charge in [0, 0.05) is 11.6 Å². The van der Waals surface area contributed by atoms with Crippen LogP contribution in [0.4, 0.5) is 0 Å². The number of rotatable bonds is 5. The van der Waals surface area contributed by atoms with Crippen LogP contribution in [0.3, 0.4) is 0 Å². The minimum absolute atomic E-state index is 0.0683. The van der Waals surface area contributed by atoms with Crippen LogP contribution in [0.25, 0.3) is 11.3 Å². The Bertz CT molecular complexity index is 1010. The number of nitrogens with one attached hydrogen (secondary N) is 1. The number of hydrazone groups is 1. The molecule has 0 unspecified atom stereocenters. The Morgan fingerprint density at radius 3 is 2.78 bits per heavy atom.